The Labute approximate surface area is 242 Å². The second kappa shape index (κ2) is 12.0. The van der Waals surface area contributed by atoms with E-state index >= 15 is 0 Å². The van der Waals surface area contributed by atoms with Crippen LogP contribution in [0.5, 0.6) is 0 Å². The van der Waals surface area contributed by atoms with Crippen LogP contribution < -0.4 is 11.0 Å². The van der Waals surface area contributed by atoms with Crippen molar-refractivity contribution in [2.45, 2.75) is 96.2 Å². The van der Waals surface area contributed by atoms with Crippen LogP contribution in [0.2, 0.25) is 0 Å². The molecule has 0 aliphatic carbocycles. The molecule has 3 aliphatic rings. The minimum absolute atomic E-state index is 0.192. The summed E-state index contributed by atoms with van der Waals surface area (Å²) in [7, 11) is 1.74. The standard InChI is InChI=1S/C31H45N5O5/c1-31(2,3)41-30(40)35-18-14-23(15-19-35)34-16-12-21(13-17-34)6-5-7-22-8-9-24-26(20-22)33(4)29(39)36(24)25-10-11-27(37)32-28(25)38/h8-9,20-21,23,25H,5-7,10-19H2,1-4H3,(H,32,37,38). The first-order chi connectivity index (χ1) is 19.5. The number of aryl methyl sites for hydroxylation is 2. The average Bonchev–Trinajstić information content (AvgIpc) is 3.17. The minimum atomic E-state index is -0.655. The van der Waals surface area contributed by atoms with Crippen molar-refractivity contribution in [1.29, 1.82) is 0 Å². The van der Waals surface area contributed by atoms with Gasteiger partial charge in [0, 0.05) is 32.6 Å². The molecule has 10 nitrogen and oxygen atoms in total. The maximum Gasteiger partial charge on any atom is 0.410 e. The molecular weight excluding hydrogens is 522 g/mol. The summed E-state index contributed by atoms with van der Waals surface area (Å²) in [6.07, 6.45) is 8.11. The number of carbonyl (C=O) groups excluding carboxylic acids is 3. The number of benzene rings is 1. The number of likely N-dealkylation sites (tertiary alicyclic amines) is 2. The quantitative estimate of drug-likeness (QED) is 0.533. The molecule has 1 aromatic heterocycles. The third-order valence-electron chi connectivity index (χ3n) is 9.04. The lowest BCUT2D eigenvalue weighted by Gasteiger charge is -2.42. The van der Waals surface area contributed by atoms with E-state index in [1.165, 1.54) is 29.4 Å². The van der Waals surface area contributed by atoms with Crippen LogP contribution in [0.1, 0.15) is 83.7 Å². The predicted octanol–water partition coefficient (Wildman–Crippen LogP) is 3.75. The third kappa shape index (κ3) is 6.68. The van der Waals surface area contributed by atoms with Gasteiger partial charge in [-0.1, -0.05) is 12.5 Å². The summed E-state index contributed by atoms with van der Waals surface area (Å²) in [4.78, 5) is 53.9. The molecule has 4 heterocycles. The summed E-state index contributed by atoms with van der Waals surface area (Å²) in [5.41, 5.74) is 2.07. The molecule has 0 bridgehead atoms. The molecule has 1 atom stereocenters. The van der Waals surface area contributed by atoms with Gasteiger partial charge in [0.25, 0.3) is 0 Å². The van der Waals surface area contributed by atoms with Gasteiger partial charge < -0.3 is 14.5 Å². The molecular formula is C31H45N5O5. The zero-order valence-electron chi connectivity index (χ0n) is 25.0. The smallest absolute Gasteiger partial charge is 0.410 e. The summed E-state index contributed by atoms with van der Waals surface area (Å²) in [5, 5.41) is 2.36. The Morgan fingerprint density at radius 3 is 2.34 bits per heavy atom. The molecule has 0 saturated carbocycles. The van der Waals surface area contributed by atoms with Crippen molar-refractivity contribution in [2.75, 3.05) is 26.2 Å². The van der Waals surface area contributed by atoms with Gasteiger partial charge in [0.15, 0.2) is 0 Å². The lowest BCUT2D eigenvalue weighted by molar-refractivity contribution is -0.135. The van der Waals surface area contributed by atoms with E-state index in [1.807, 2.05) is 31.7 Å². The van der Waals surface area contributed by atoms with Crippen molar-refractivity contribution in [1.82, 2.24) is 24.3 Å². The van der Waals surface area contributed by atoms with Gasteiger partial charge in [-0.3, -0.25) is 24.0 Å². The number of hydrogen-bond donors (Lipinski definition) is 1. The summed E-state index contributed by atoms with van der Waals surface area (Å²) < 4.78 is 8.68. The number of hydrogen-bond acceptors (Lipinski definition) is 6. The molecule has 2 aromatic rings. The summed E-state index contributed by atoms with van der Waals surface area (Å²) >= 11 is 0. The van der Waals surface area contributed by atoms with Crippen LogP contribution in [-0.4, -0.2) is 74.7 Å². The summed E-state index contributed by atoms with van der Waals surface area (Å²) in [6.45, 7) is 9.53. The first-order valence-electron chi connectivity index (χ1n) is 15.3. The largest absolute Gasteiger partial charge is 0.444 e. The molecule has 1 unspecified atom stereocenters. The third-order valence-corrected chi connectivity index (χ3v) is 9.04. The highest BCUT2D eigenvalue weighted by Crippen LogP contribution is 2.28. The molecule has 3 aliphatic heterocycles. The van der Waals surface area contributed by atoms with Crippen LogP contribution in [0.3, 0.4) is 0 Å². The van der Waals surface area contributed by atoms with Crippen molar-refractivity contribution >= 4 is 28.9 Å². The van der Waals surface area contributed by atoms with Gasteiger partial charge in [-0.2, -0.15) is 0 Å². The number of imide groups is 1. The van der Waals surface area contributed by atoms with Gasteiger partial charge in [-0.15, -0.1) is 0 Å². The van der Waals surface area contributed by atoms with Crippen LogP contribution in [0.15, 0.2) is 23.0 Å². The molecule has 3 saturated heterocycles. The topological polar surface area (TPSA) is 106 Å². The maximum atomic E-state index is 13.0. The van der Waals surface area contributed by atoms with E-state index in [0.717, 1.165) is 68.8 Å². The lowest BCUT2D eigenvalue weighted by Crippen LogP contribution is -2.49. The summed E-state index contributed by atoms with van der Waals surface area (Å²) in [5.74, 6) is 0.0418. The van der Waals surface area contributed by atoms with E-state index in [-0.39, 0.29) is 24.1 Å². The van der Waals surface area contributed by atoms with Crippen LogP contribution in [0.4, 0.5) is 4.79 Å². The second-order valence-corrected chi connectivity index (χ2v) is 13.1. The van der Waals surface area contributed by atoms with Gasteiger partial charge in [-0.05, 0) is 102 Å². The molecule has 5 rings (SSSR count). The molecule has 3 amide bonds. The van der Waals surface area contributed by atoms with Crippen molar-refractivity contribution in [3.63, 3.8) is 0 Å². The van der Waals surface area contributed by atoms with E-state index in [4.69, 9.17) is 4.74 Å². The first-order valence-corrected chi connectivity index (χ1v) is 15.3. The average molecular weight is 568 g/mol. The van der Waals surface area contributed by atoms with Crippen molar-refractivity contribution in [3.05, 3.63) is 34.2 Å². The predicted molar refractivity (Wildman–Crippen MR) is 157 cm³/mol. The normalized spacial score (nSPS) is 21.9. The van der Waals surface area contributed by atoms with E-state index in [9.17, 15) is 19.2 Å². The number of imidazole rings is 1. The minimum Gasteiger partial charge on any atom is -0.444 e. The number of nitrogens with one attached hydrogen (secondary N) is 1. The van der Waals surface area contributed by atoms with Crippen molar-refractivity contribution in [3.8, 4) is 0 Å². The molecule has 3 fully saturated rings. The monoisotopic (exact) mass is 567 g/mol. The fourth-order valence-electron chi connectivity index (χ4n) is 6.74. The highest BCUT2D eigenvalue weighted by atomic mass is 16.6. The van der Waals surface area contributed by atoms with Crippen LogP contribution in [0, 0.1) is 5.92 Å². The Morgan fingerprint density at radius 2 is 1.68 bits per heavy atom. The number of nitrogens with zero attached hydrogens (tertiary/aromatic N) is 4. The molecule has 0 radical (unpaired) electrons. The number of rotatable bonds is 6. The molecule has 1 aromatic carbocycles. The van der Waals surface area contributed by atoms with Gasteiger partial charge in [0.2, 0.25) is 11.8 Å². The number of ether oxygens (including phenoxy) is 1. The lowest BCUT2D eigenvalue weighted by atomic mass is 9.89. The van der Waals surface area contributed by atoms with Gasteiger partial charge >= 0.3 is 11.8 Å². The molecule has 10 heteroatoms. The molecule has 224 valence electrons. The van der Waals surface area contributed by atoms with Crippen LogP contribution in [0.25, 0.3) is 11.0 Å². The molecule has 0 spiro atoms. The fourth-order valence-corrected chi connectivity index (χ4v) is 6.74. The zero-order chi connectivity index (χ0) is 29.3. The van der Waals surface area contributed by atoms with Crippen LogP contribution >= 0.6 is 0 Å². The molecule has 41 heavy (non-hydrogen) atoms. The number of carbonyl (C=O) groups is 3. The highest BCUT2D eigenvalue weighted by molar-refractivity contribution is 6.00. The fraction of sp³-hybridized carbons (Fsp3) is 0.677. The van der Waals surface area contributed by atoms with Gasteiger partial charge in [0.1, 0.15) is 11.6 Å². The maximum absolute atomic E-state index is 13.0. The van der Waals surface area contributed by atoms with Crippen molar-refractivity contribution < 1.29 is 19.1 Å². The van der Waals surface area contributed by atoms with E-state index in [1.54, 1.807) is 11.6 Å². The SMILES string of the molecule is Cn1c(=O)n(C2CCC(=O)NC2=O)c2ccc(CCCC3CCN(C4CCN(C(=O)OC(C)(C)C)CC4)CC3)cc21. The number of aromatic nitrogens is 2. The zero-order valence-corrected chi connectivity index (χ0v) is 25.0. The van der Waals surface area contributed by atoms with Gasteiger partial charge in [0.05, 0.1) is 11.0 Å². The number of fused-ring (bicyclic) bond motifs is 1. The highest BCUT2D eigenvalue weighted by Gasteiger charge is 2.32. The Bertz CT molecular complexity index is 1340. The van der Waals surface area contributed by atoms with E-state index in [2.05, 4.69) is 22.3 Å². The second-order valence-electron chi connectivity index (χ2n) is 13.1. The molecule has 1 N–H and O–H groups in total. The number of piperidine rings is 3. The Kier molecular flexibility index (Phi) is 8.59. The Morgan fingerprint density at radius 1 is 0.976 bits per heavy atom. The number of amides is 3. The Balaban J connectivity index is 1.09. The first kappa shape index (κ1) is 29.4. The van der Waals surface area contributed by atoms with E-state index in [0.29, 0.717) is 12.5 Å². The van der Waals surface area contributed by atoms with Crippen molar-refractivity contribution in [2.24, 2.45) is 13.0 Å². The Hall–Kier alpha value is -3.14. The summed E-state index contributed by atoms with van der Waals surface area (Å²) in [6, 6.07) is 5.99. The van der Waals surface area contributed by atoms with Gasteiger partial charge in [-0.25, -0.2) is 9.59 Å². The van der Waals surface area contributed by atoms with Crippen LogP contribution in [-0.2, 0) is 27.8 Å². The van der Waals surface area contributed by atoms with E-state index < -0.39 is 17.6 Å².